The molecule has 0 unspecified atom stereocenters. The third-order valence-electron chi connectivity index (χ3n) is 4.46. The molecule has 0 aliphatic carbocycles. The fourth-order valence-electron chi connectivity index (χ4n) is 3.12. The van der Waals surface area contributed by atoms with Crippen LogP contribution in [-0.4, -0.2) is 29.8 Å². The average Bonchev–Trinajstić information content (AvgIpc) is 3.24. The van der Waals surface area contributed by atoms with E-state index in [1.165, 1.54) is 0 Å². The predicted molar refractivity (Wildman–Crippen MR) is 103 cm³/mol. The lowest BCUT2D eigenvalue weighted by Gasteiger charge is -2.20. The zero-order chi connectivity index (χ0) is 18.3. The Hall–Kier alpha value is -2.44. The van der Waals surface area contributed by atoms with Crippen molar-refractivity contribution in [1.29, 1.82) is 0 Å². The van der Waals surface area contributed by atoms with Gasteiger partial charge in [0.1, 0.15) is 10.8 Å². The summed E-state index contributed by atoms with van der Waals surface area (Å²) in [6.45, 7) is 0.265. The van der Waals surface area contributed by atoms with Crippen LogP contribution in [0, 0.1) is 5.92 Å². The number of amides is 1. The van der Waals surface area contributed by atoms with E-state index >= 15 is 0 Å². The fraction of sp³-hybridized carbons (Fsp3) is 0.211. The molecule has 132 valence electrons. The molecule has 4 rings (SSSR count). The molecule has 26 heavy (non-hydrogen) atoms. The topological polar surface area (TPSA) is 59.5 Å². The first kappa shape index (κ1) is 17.0. The number of rotatable bonds is 4. The Morgan fingerprint density at radius 2 is 2.12 bits per heavy atom. The number of carbonyl (C=O) groups is 2. The number of anilines is 1. The van der Waals surface area contributed by atoms with Crippen molar-refractivity contribution in [3.63, 3.8) is 0 Å². The molecule has 0 N–H and O–H groups in total. The van der Waals surface area contributed by atoms with Crippen LogP contribution in [-0.2, 0) is 9.59 Å². The highest BCUT2D eigenvalue weighted by Gasteiger charge is 2.35. The molecule has 7 heteroatoms. The van der Waals surface area contributed by atoms with Crippen LogP contribution in [0.5, 0.6) is 5.75 Å². The first-order chi connectivity index (χ1) is 12.6. The number of halogens is 1. The first-order valence-electron chi connectivity index (χ1n) is 8.10. The molecular weight excluding hydrogens is 372 g/mol. The summed E-state index contributed by atoms with van der Waals surface area (Å²) in [7, 11) is 1.56. The van der Waals surface area contributed by atoms with Crippen molar-refractivity contribution >= 4 is 50.0 Å². The minimum absolute atomic E-state index is 0.122. The van der Waals surface area contributed by atoms with E-state index in [9.17, 15) is 9.59 Å². The zero-order valence-electron chi connectivity index (χ0n) is 13.9. The Balaban J connectivity index is 1.76. The maximum Gasteiger partial charge on any atom is 0.227 e. The summed E-state index contributed by atoms with van der Waals surface area (Å²) in [6, 6.07) is 13.6. The Morgan fingerprint density at radius 3 is 2.81 bits per heavy atom. The smallest absolute Gasteiger partial charge is 0.227 e. The molecular formula is C19H15ClN2O3S. The number of fused-ring (bicyclic) bond motifs is 1. The minimum atomic E-state index is -0.486. The van der Waals surface area contributed by atoms with Gasteiger partial charge in [0.15, 0.2) is 0 Å². The summed E-state index contributed by atoms with van der Waals surface area (Å²) in [5, 5.41) is 0.383. The van der Waals surface area contributed by atoms with Crippen LogP contribution in [0.3, 0.4) is 0 Å². The van der Waals surface area contributed by atoms with Gasteiger partial charge in [0, 0.05) is 18.5 Å². The van der Waals surface area contributed by atoms with Crippen LogP contribution >= 0.6 is 22.9 Å². The fourth-order valence-corrected chi connectivity index (χ4v) is 4.23. The highest BCUT2D eigenvalue weighted by molar-refractivity contribution is 7.21. The molecule has 5 nitrogen and oxygen atoms in total. The molecule has 1 aliphatic heterocycles. The van der Waals surface area contributed by atoms with Gasteiger partial charge in [0.2, 0.25) is 11.1 Å². The number of thiazole rings is 1. The lowest BCUT2D eigenvalue weighted by Crippen LogP contribution is -2.25. The number of hydrogen-bond acceptors (Lipinski definition) is 5. The van der Waals surface area contributed by atoms with Crippen LogP contribution in [0.25, 0.3) is 20.8 Å². The standard InChI is InChI=1S/C19H15ClN2O3S/c1-25-15-7-6-11(19-21-13-4-2-3-5-16(13)26-19)8-14(15)22-10-12(18(20)24)9-17(22)23/h2-8,12H,9-10H2,1H3/t12-/m1/s1. The van der Waals surface area contributed by atoms with Crippen LogP contribution in [0.1, 0.15) is 6.42 Å². The molecule has 1 saturated heterocycles. The van der Waals surface area contributed by atoms with Crippen molar-refractivity contribution < 1.29 is 14.3 Å². The molecule has 1 atom stereocenters. The van der Waals surface area contributed by atoms with Gasteiger partial charge in [-0.2, -0.15) is 0 Å². The van der Waals surface area contributed by atoms with Gasteiger partial charge in [-0.3, -0.25) is 9.59 Å². The van der Waals surface area contributed by atoms with Crippen molar-refractivity contribution in [1.82, 2.24) is 4.98 Å². The van der Waals surface area contributed by atoms with Crippen molar-refractivity contribution in [2.45, 2.75) is 6.42 Å². The maximum absolute atomic E-state index is 12.4. The van der Waals surface area contributed by atoms with Gasteiger partial charge in [0.05, 0.1) is 28.9 Å². The second-order valence-corrected chi connectivity index (χ2v) is 7.49. The molecule has 1 aliphatic rings. The Morgan fingerprint density at radius 1 is 1.31 bits per heavy atom. The summed E-state index contributed by atoms with van der Waals surface area (Å²) in [5.41, 5.74) is 2.47. The van der Waals surface area contributed by atoms with Gasteiger partial charge in [-0.25, -0.2) is 4.98 Å². The van der Waals surface area contributed by atoms with Crippen molar-refractivity contribution in [3.8, 4) is 16.3 Å². The SMILES string of the molecule is COc1ccc(-c2nc3ccccc3s2)cc1N1C[C@H](C(=O)Cl)CC1=O. The Labute approximate surface area is 159 Å². The lowest BCUT2D eigenvalue weighted by atomic mass is 10.1. The molecule has 2 aromatic carbocycles. The van der Waals surface area contributed by atoms with Gasteiger partial charge in [0.25, 0.3) is 0 Å². The highest BCUT2D eigenvalue weighted by Crippen LogP contribution is 2.38. The first-order valence-corrected chi connectivity index (χ1v) is 9.30. The number of nitrogens with zero attached hydrogens (tertiary/aromatic N) is 2. The van der Waals surface area contributed by atoms with E-state index in [0.717, 1.165) is 20.8 Å². The average molecular weight is 387 g/mol. The van der Waals surface area contributed by atoms with Crippen molar-refractivity contribution in [2.75, 3.05) is 18.6 Å². The van der Waals surface area contributed by atoms with Gasteiger partial charge in [-0.1, -0.05) is 12.1 Å². The van der Waals surface area contributed by atoms with Gasteiger partial charge >= 0.3 is 0 Å². The maximum atomic E-state index is 12.4. The number of ether oxygens (including phenoxy) is 1. The second kappa shape index (κ2) is 6.70. The van der Waals surface area contributed by atoms with Gasteiger partial charge in [-0.05, 0) is 41.9 Å². The summed E-state index contributed by atoms with van der Waals surface area (Å²) < 4.78 is 6.52. The summed E-state index contributed by atoms with van der Waals surface area (Å²) in [4.78, 5) is 30.1. The molecule has 0 spiro atoms. The molecule has 1 fully saturated rings. The van der Waals surface area contributed by atoms with E-state index in [4.69, 9.17) is 16.3 Å². The number of carbonyl (C=O) groups excluding carboxylic acids is 2. The molecule has 3 aromatic rings. The van der Waals surface area contributed by atoms with Gasteiger partial charge in [-0.15, -0.1) is 11.3 Å². The van der Waals surface area contributed by atoms with E-state index in [-0.39, 0.29) is 18.9 Å². The highest BCUT2D eigenvalue weighted by atomic mass is 35.5. The Bertz CT molecular complexity index is 984. The number of methoxy groups -OCH3 is 1. The van der Waals surface area contributed by atoms with Crippen LogP contribution in [0.4, 0.5) is 5.69 Å². The number of aromatic nitrogens is 1. The van der Waals surface area contributed by atoms with E-state index in [2.05, 4.69) is 4.98 Å². The normalized spacial score (nSPS) is 17.1. The van der Waals surface area contributed by atoms with Crippen LogP contribution < -0.4 is 9.64 Å². The number of hydrogen-bond donors (Lipinski definition) is 0. The predicted octanol–water partition coefficient (Wildman–Crippen LogP) is 4.09. The molecule has 0 radical (unpaired) electrons. The number of para-hydroxylation sites is 1. The summed E-state index contributed by atoms with van der Waals surface area (Å²) >= 11 is 7.18. The van der Waals surface area contributed by atoms with E-state index in [0.29, 0.717) is 11.4 Å². The molecule has 0 saturated carbocycles. The van der Waals surface area contributed by atoms with E-state index in [1.54, 1.807) is 23.3 Å². The lowest BCUT2D eigenvalue weighted by molar-refractivity contribution is -0.120. The summed E-state index contributed by atoms with van der Waals surface area (Å²) in [5.74, 6) is -0.0467. The minimum Gasteiger partial charge on any atom is -0.495 e. The quantitative estimate of drug-likeness (QED) is 0.633. The Kier molecular flexibility index (Phi) is 4.38. The third-order valence-corrected chi connectivity index (χ3v) is 5.85. The van der Waals surface area contributed by atoms with Gasteiger partial charge < -0.3 is 9.64 Å². The summed E-state index contributed by atoms with van der Waals surface area (Å²) in [6.07, 6.45) is 0.122. The molecule has 0 bridgehead atoms. The monoisotopic (exact) mass is 386 g/mol. The molecule has 1 aromatic heterocycles. The van der Waals surface area contributed by atoms with Crippen molar-refractivity contribution in [2.24, 2.45) is 5.92 Å². The molecule has 2 heterocycles. The number of benzene rings is 2. The third kappa shape index (κ3) is 2.95. The largest absolute Gasteiger partial charge is 0.495 e. The van der Waals surface area contributed by atoms with Crippen molar-refractivity contribution in [3.05, 3.63) is 42.5 Å². The van der Waals surface area contributed by atoms with E-state index in [1.807, 2.05) is 42.5 Å². The van der Waals surface area contributed by atoms with E-state index < -0.39 is 11.2 Å². The van der Waals surface area contributed by atoms with Crippen LogP contribution in [0.2, 0.25) is 0 Å². The molecule has 1 amide bonds. The zero-order valence-corrected chi connectivity index (χ0v) is 15.5. The second-order valence-electron chi connectivity index (χ2n) is 6.08. The van der Waals surface area contributed by atoms with Crippen LogP contribution in [0.15, 0.2) is 42.5 Å².